The molecule has 0 saturated heterocycles. The number of amides is 1. The normalized spacial score (nSPS) is 12.1. The van der Waals surface area contributed by atoms with Crippen molar-refractivity contribution in [3.05, 3.63) is 54.1 Å². The Morgan fingerprint density at radius 1 is 1.14 bits per heavy atom. The maximum Gasteiger partial charge on any atom is 0.295 e. The van der Waals surface area contributed by atoms with Gasteiger partial charge < -0.3 is 9.67 Å². The van der Waals surface area contributed by atoms with E-state index in [0.717, 1.165) is 18.4 Å². The third kappa shape index (κ3) is 3.95. The smallest absolute Gasteiger partial charge is 0.295 e. The fourth-order valence-electron chi connectivity index (χ4n) is 2.85. The Labute approximate surface area is 162 Å². The maximum atomic E-state index is 12.3. The lowest BCUT2D eigenvalue weighted by molar-refractivity contribution is 0.0995. The molecule has 0 fully saturated rings. The monoisotopic (exact) mass is 400 g/mol. The molecule has 1 aromatic heterocycles. The molecule has 3 N–H and O–H groups in total. The number of rotatable bonds is 6. The zero-order chi connectivity index (χ0) is 20.3. The highest BCUT2D eigenvalue weighted by Gasteiger charge is 2.17. The van der Waals surface area contributed by atoms with Gasteiger partial charge in [0.2, 0.25) is 15.9 Å². The van der Waals surface area contributed by atoms with Crippen molar-refractivity contribution in [2.45, 2.75) is 31.2 Å². The topological polar surface area (TPSA) is 127 Å². The number of primary sulfonamides is 1. The molecule has 0 atom stereocenters. The Hall–Kier alpha value is -3.04. The Morgan fingerprint density at radius 3 is 2.46 bits per heavy atom. The van der Waals surface area contributed by atoms with E-state index in [4.69, 9.17) is 5.14 Å². The third-order valence-electron chi connectivity index (χ3n) is 4.32. The predicted molar refractivity (Wildman–Crippen MR) is 105 cm³/mol. The second-order valence-corrected chi connectivity index (χ2v) is 7.83. The summed E-state index contributed by atoms with van der Waals surface area (Å²) in [4.78, 5) is 12.2. The zero-order valence-corrected chi connectivity index (χ0v) is 16.1. The Bertz CT molecular complexity index is 1150. The highest BCUT2D eigenvalue weighted by Crippen LogP contribution is 2.39. The molecule has 0 unspecified atom stereocenters. The average molecular weight is 400 g/mol. The van der Waals surface area contributed by atoms with Gasteiger partial charge in [0.1, 0.15) is 0 Å². The number of benzene rings is 2. The van der Waals surface area contributed by atoms with E-state index in [1.54, 1.807) is 10.6 Å². The van der Waals surface area contributed by atoms with Crippen molar-refractivity contribution in [2.75, 3.05) is 0 Å². The van der Waals surface area contributed by atoms with Gasteiger partial charge in [0.05, 0.1) is 10.4 Å². The zero-order valence-electron chi connectivity index (χ0n) is 15.2. The van der Waals surface area contributed by atoms with Crippen molar-refractivity contribution in [3.63, 3.8) is 0 Å². The fraction of sp³-hybridized carbons (Fsp3) is 0.211. The fourth-order valence-corrected chi connectivity index (χ4v) is 3.37. The van der Waals surface area contributed by atoms with Crippen molar-refractivity contribution < 1.29 is 18.3 Å². The molecule has 28 heavy (non-hydrogen) atoms. The summed E-state index contributed by atoms with van der Waals surface area (Å²) in [7, 11) is -3.84. The molecule has 1 heterocycles. The summed E-state index contributed by atoms with van der Waals surface area (Å²) in [5.41, 5.74) is 1.19. The van der Waals surface area contributed by atoms with Crippen LogP contribution in [0.1, 0.15) is 30.1 Å². The Kier molecular flexibility index (Phi) is 5.57. The lowest BCUT2D eigenvalue weighted by Crippen LogP contribution is -2.12. The van der Waals surface area contributed by atoms with Gasteiger partial charge in [0.25, 0.3) is 5.91 Å². The van der Waals surface area contributed by atoms with Crippen LogP contribution in [0.4, 0.5) is 5.69 Å². The van der Waals surface area contributed by atoms with Crippen LogP contribution in [0.5, 0.6) is 5.88 Å². The van der Waals surface area contributed by atoms with Crippen LogP contribution < -0.4 is 5.14 Å². The van der Waals surface area contributed by atoms with Gasteiger partial charge in [-0.2, -0.15) is 0 Å². The molecule has 146 valence electrons. The molecule has 0 aliphatic rings. The molecule has 0 spiro atoms. The van der Waals surface area contributed by atoms with Gasteiger partial charge in [-0.15, -0.1) is 10.2 Å². The minimum atomic E-state index is -3.84. The number of aromatic nitrogens is 1. The summed E-state index contributed by atoms with van der Waals surface area (Å²) < 4.78 is 24.3. The summed E-state index contributed by atoms with van der Waals surface area (Å²) in [5.74, 6) is -0.707. The quantitative estimate of drug-likeness (QED) is 0.611. The van der Waals surface area contributed by atoms with Gasteiger partial charge in [-0.1, -0.05) is 31.5 Å². The van der Waals surface area contributed by atoms with Crippen molar-refractivity contribution in [1.82, 2.24) is 4.57 Å². The van der Waals surface area contributed by atoms with E-state index < -0.39 is 15.9 Å². The molecule has 1 amide bonds. The number of sulfonamides is 1. The molecule has 0 bridgehead atoms. The summed E-state index contributed by atoms with van der Waals surface area (Å²) in [6.45, 7) is 2.69. The largest absolute Gasteiger partial charge is 0.493 e. The molecule has 2 aromatic carbocycles. The van der Waals surface area contributed by atoms with Gasteiger partial charge >= 0.3 is 0 Å². The summed E-state index contributed by atoms with van der Waals surface area (Å²) >= 11 is 0. The number of unbranched alkanes of at least 4 members (excludes halogenated alkanes) is 1. The first-order valence-corrected chi connectivity index (χ1v) is 10.3. The van der Waals surface area contributed by atoms with Crippen LogP contribution in [0.2, 0.25) is 0 Å². The second-order valence-electron chi connectivity index (χ2n) is 6.27. The van der Waals surface area contributed by atoms with Gasteiger partial charge in [0.15, 0.2) is 5.69 Å². The average Bonchev–Trinajstić information content (AvgIpc) is 2.95. The predicted octanol–water partition coefficient (Wildman–Crippen LogP) is 3.72. The SMILES string of the molecule is CCCCn1c(O)c(N=NC(=O)c2ccc(S(N)(=O)=O)cc2)c2ccccc21. The molecule has 3 rings (SSSR count). The Morgan fingerprint density at radius 2 is 1.82 bits per heavy atom. The first-order valence-electron chi connectivity index (χ1n) is 8.72. The molecule has 0 aliphatic heterocycles. The highest BCUT2D eigenvalue weighted by atomic mass is 32.2. The number of hydrogen-bond acceptors (Lipinski definition) is 5. The van der Waals surface area contributed by atoms with Crippen LogP contribution in [0.3, 0.4) is 0 Å². The molecule has 0 aliphatic carbocycles. The number of nitrogens with zero attached hydrogens (tertiary/aromatic N) is 3. The van der Waals surface area contributed by atoms with E-state index in [2.05, 4.69) is 17.2 Å². The minimum absolute atomic E-state index is 0.0456. The summed E-state index contributed by atoms with van der Waals surface area (Å²) in [6, 6.07) is 12.4. The summed E-state index contributed by atoms with van der Waals surface area (Å²) in [6.07, 6.45) is 1.86. The Balaban J connectivity index is 1.92. The number of hydrogen-bond donors (Lipinski definition) is 2. The number of azo groups is 1. The number of aromatic hydroxyl groups is 1. The molecular weight excluding hydrogens is 380 g/mol. The standard InChI is InChI=1S/C19H20N4O4S/c1-2-3-12-23-16-7-5-4-6-15(16)17(19(23)25)21-22-18(24)13-8-10-14(11-9-13)28(20,26)27/h4-11,25H,2-3,12H2,1H3,(H2,20,26,27). The number of nitrogens with two attached hydrogens (primary N) is 1. The van der Waals surface area contributed by atoms with Gasteiger partial charge in [-0.05, 0) is 36.8 Å². The number of carbonyl (C=O) groups is 1. The number of aryl methyl sites for hydroxylation is 1. The van der Waals surface area contributed by atoms with Gasteiger partial charge in [0, 0.05) is 17.5 Å². The minimum Gasteiger partial charge on any atom is -0.493 e. The van der Waals surface area contributed by atoms with Crippen LogP contribution >= 0.6 is 0 Å². The van der Waals surface area contributed by atoms with Crippen molar-refractivity contribution in [2.24, 2.45) is 15.4 Å². The van der Waals surface area contributed by atoms with Gasteiger partial charge in [-0.3, -0.25) is 4.79 Å². The lowest BCUT2D eigenvalue weighted by Gasteiger charge is -2.05. The van der Waals surface area contributed by atoms with E-state index in [1.165, 1.54) is 24.3 Å². The van der Waals surface area contributed by atoms with Crippen molar-refractivity contribution >= 4 is 32.5 Å². The van der Waals surface area contributed by atoms with Crippen LogP contribution in [-0.4, -0.2) is 24.0 Å². The van der Waals surface area contributed by atoms with Gasteiger partial charge in [-0.25, -0.2) is 13.6 Å². The van der Waals surface area contributed by atoms with Crippen LogP contribution in [-0.2, 0) is 16.6 Å². The summed E-state index contributed by atoms with van der Waals surface area (Å²) in [5, 5.41) is 24.0. The van der Waals surface area contributed by atoms with E-state index in [1.807, 2.05) is 18.2 Å². The van der Waals surface area contributed by atoms with E-state index >= 15 is 0 Å². The lowest BCUT2D eigenvalue weighted by atomic mass is 10.2. The van der Waals surface area contributed by atoms with Crippen LogP contribution in [0.25, 0.3) is 10.9 Å². The number of carbonyl (C=O) groups excluding carboxylic acids is 1. The van der Waals surface area contributed by atoms with Crippen LogP contribution in [0.15, 0.2) is 63.7 Å². The molecule has 3 aromatic rings. The third-order valence-corrected chi connectivity index (χ3v) is 5.25. The van der Waals surface area contributed by atoms with Crippen molar-refractivity contribution in [3.8, 4) is 5.88 Å². The number of para-hydroxylation sites is 1. The van der Waals surface area contributed by atoms with E-state index in [0.29, 0.717) is 11.9 Å². The molecule has 0 radical (unpaired) electrons. The highest BCUT2D eigenvalue weighted by molar-refractivity contribution is 7.89. The van der Waals surface area contributed by atoms with Crippen molar-refractivity contribution in [1.29, 1.82) is 0 Å². The maximum absolute atomic E-state index is 12.3. The first kappa shape index (κ1) is 19.7. The first-order chi connectivity index (χ1) is 13.3. The number of fused-ring (bicyclic) bond motifs is 1. The molecule has 8 nitrogen and oxygen atoms in total. The second kappa shape index (κ2) is 7.91. The van der Waals surface area contributed by atoms with E-state index in [9.17, 15) is 18.3 Å². The molecule has 9 heteroatoms. The molecule has 0 saturated carbocycles. The van der Waals surface area contributed by atoms with E-state index in [-0.39, 0.29) is 22.0 Å². The molecular formula is C19H20N4O4S. The van der Waals surface area contributed by atoms with Crippen LogP contribution in [0, 0.1) is 0 Å².